The van der Waals surface area contributed by atoms with Crippen molar-refractivity contribution >= 4 is 33.9 Å². The van der Waals surface area contributed by atoms with Gasteiger partial charge in [0.1, 0.15) is 18.0 Å². The van der Waals surface area contributed by atoms with E-state index in [0.29, 0.717) is 29.3 Å². The van der Waals surface area contributed by atoms with Crippen LogP contribution in [0, 0.1) is 5.82 Å². The second kappa shape index (κ2) is 10.3. The number of hydrazone groups is 1. The van der Waals surface area contributed by atoms with E-state index in [1.54, 1.807) is 36.4 Å². The fourth-order valence-corrected chi connectivity index (χ4v) is 3.86. The third-order valence-corrected chi connectivity index (χ3v) is 5.60. The van der Waals surface area contributed by atoms with Crippen molar-refractivity contribution in [2.75, 3.05) is 6.61 Å². The van der Waals surface area contributed by atoms with Crippen LogP contribution in [0.2, 0.25) is 0 Å². The van der Waals surface area contributed by atoms with E-state index in [-0.39, 0.29) is 18.2 Å². The monoisotopic (exact) mass is 482 g/mol. The van der Waals surface area contributed by atoms with E-state index in [1.807, 2.05) is 43.3 Å². The lowest BCUT2D eigenvalue weighted by Gasteiger charge is -2.12. The predicted octanol–water partition coefficient (Wildman–Crippen LogP) is 6.47. The molecule has 1 heterocycles. The summed E-state index contributed by atoms with van der Waals surface area (Å²) < 4.78 is 30.4. The number of hydrogen-bond acceptors (Lipinski definition) is 5. The highest BCUT2D eigenvalue weighted by Crippen LogP contribution is 2.30. The van der Waals surface area contributed by atoms with E-state index < -0.39 is 5.91 Å². The minimum Gasteiger partial charge on any atom is -0.490 e. The first-order chi connectivity index (χ1) is 17.6. The number of ether oxygens (including phenoxy) is 2. The first-order valence-corrected chi connectivity index (χ1v) is 11.5. The van der Waals surface area contributed by atoms with Gasteiger partial charge in [-0.3, -0.25) is 4.79 Å². The van der Waals surface area contributed by atoms with Gasteiger partial charge < -0.3 is 13.9 Å². The number of benzene rings is 4. The van der Waals surface area contributed by atoms with Gasteiger partial charge in [0.15, 0.2) is 17.3 Å². The second-order valence-corrected chi connectivity index (χ2v) is 8.06. The number of nitrogens with zero attached hydrogens (tertiary/aromatic N) is 1. The fraction of sp³-hybridized carbons (Fsp3) is 0.103. The van der Waals surface area contributed by atoms with Gasteiger partial charge >= 0.3 is 5.91 Å². The van der Waals surface area contributed by atoms with Crippen molar-refractivity contribution in [3.05, 3.63) is 108 Å². The van der Waals surface area contributed by atoms with Crippen molar-refractivity contribution in [2.45, 2.75) is 13.5 Å². The molecule has 0 saturated heterocycles. The molecule has 0 aliphatic rings. The van der Waals surface area contributed by atoms with Gasteiger partial charge in [-0.1, -0.05) is 42.5 Å². The lowest BCUT2D eigenvalue weighted by Crippen LogP contribution is -2.16. The Bertz CT molecular complexity index is 1560. The minimum atomic E-state index is -0.448. The molecule has 0 saturated carbocycles. The summed E-state index contributed by atoms with van der Waals surface area (Å²) in [6, 6.07) is 24.9. The molecule has 1 amide bonds. The maximum atomic E-state index is 13.1. The number of carbonyl (C=O) groups excluding carboxylic acids is 1. The van der Waals surface area contributed by atoms with Crippen molar-refractivity contribution in [2.24, 2.45) is 5.10 Å². The van der Waals surface area contributed by atoms with E-state index in [0.717, 1.165) is 21.7 Å². The molecule has 180 valence electrons. The van der Waals surface area contributed by atoms with Crippen LogP contribution in [-0.4, -0.2) is 18.7 Å². The van der Waals surface area contributed by atoms with Crippen LogP contribution in [-0.2, 0) is 6.61 Å². The molecule has 7 heteroatoms. The van der Waals surface area contributed by atoms with E-state index in [4.69, 9.17) is 13.9 Å². The average molecular weight is 483 g/mol. The fourth-order valence-electron chi connectivity index (χ4n) is 3.86. The van der Waals surface area contributed by atoms with E-state index in [2.05, 4.69) is 10.5 Å². The number of nitrogens with one attached hydrogen (secondary N) is 1. The predicted molar refractivity (Wildman–Crippen MR) is 137 cm³/mol. The molecule has 1 N–H and O–H groups in total. The summed E-state index contributed by atoms with van der Waals surface area (Å²) in [7, 11) is 0. The highest BCUT2D eigenvalue weighted by atomic mass is 19.1. The molecule has 1 aromatic heterocycles. The highest BCUT2D eigenvalue weighted by Gasteiger charge is 2.13. The normalized spacial score (nSPS) is 11.3. The Balaban J connectivity index is 1.27. The Labute approximate surface area is 206 Å². The molecule has 5 rings (SSSR count). The molecule has 36 heavy (non-hydrogen) atoms. The van der Waals surface area contributed by atoms with E-state index in [1.165, 1.54) is 18.3 Å². The molecule has 0 atom stereocenters. The van der Waals surface area contributed by atoms with Crippen LogP contribution >= 0.6 is 0 Å². The molecule has 0 aliphatic carbocycles. The summed E-state index contributed by atoms with van der Waals surface area (Å²) >= 11 is 0. The molecular formula is C29H23FN2O4. The van der Waals surface area contributed by atoms with Crippen LogP contribution < -0.4 is 14.9 Å². The minimum absolute atomic E-state index is 0.179. The van der Waals surface area contributed by atoms with Crippen molar-refractivity contribution in [1.29, 1.82) is 0 Å². The van der Waals surface area contributed by atoms with Crippen molar-refractivity contribution in [1.82, 2.24) is 5.43 Å². The SMILES string of the molecule is CCOc1cc(/C=N\NC(=O)c2cc3c(ccc4ccccc43)o2)ccc1OCc1ccc(F)cc1. The number of hydrogen-bond donors (Lipinski definition) is 1. The Morgan fingerprint density at radius 1 is 0.944 bits per heavy atom. The second-order valence-electron chi connectivity index (χ2n) is 8.06. The number of furan rings is 1. The van der Waals surface area contributed by atoms with E-state index >= 15 is 0 Å². The molecule has 0 spiro atoms. The first-order valence-electron chi connectivity index (χ1n) is 11.5. The molecule has 0 aliphatic heterocycles. The van der Waals surface area contributed by atoms with Gasteiger partial charge in [-0.05, 0) is 71.3 Å². The molecule has 0 bridgehead atoms. The summed E-state index contributed by atoms with van der Waals surface area (Å²) in [6.07, 6.45) is 1.52. The van der Waals surface area contributed by atoms with Gasteiger partial charge in [0.05, 0.1) is 12.8 Å². The van der Waals surface area contributed by atoms with Crippen LogP contribution in [0.15, 0.2) is 94.4 Å². The molecule has 0 unspecified atom stereocenters. The molecule has 4 aromatic carbocycles. The lowest BCUT2D eigenvalue weighted by atomic mass is 10.1. The number of amides is 1. The Morgan fingerprint density at radius 3 is 2.61 bits per heavy atom. The largest absolute Gasteiger partial charge is 0.490 e. The van der Waals surface area contributed by atoms with Gasteiger partial charge in [0.25, 0.3) is 0 Å². The number of fused-ring (bicyclic) bond motifs is 3. The average Bonchev–Trinajstić information content (AvgIpc) is 3.35. The topological polar surface area (TPSA) is 73.1 Å². The zero-order chi connectivity index (χ0) is 24.9. The lowest BCUT2D eigenvalue weighted by molar-refractivity contribution is 0.0929. The van der Waals surface area contributed by atoms with Crippen LogP contribution in [0.25, 0.3) is 21.7 Å². The molecular weight excluding hydrogens is 459 g/mol. The van der Waals surface area contributed by atoms with Gasteiger partial charge in [-0.25, -0.2) is 9.82 Å². The van der Waals surface area contributed by atoms with Crippen LogP contribution in [0.3, 0.4) is 0 Å². The summed E-state index contributed by atoms with van der Waals surface area (Å²) in [5.74, 6) is 0.531. The first kappa shape index (κ1) is 23.1. The van der Waals surface area contributed by atoms with Gasteiger partial charge in [0, 0.05) is 5.39 Å². The molecule has 5 aromatic rings. The maximum Gasteiger partial charge on any atom is 0.307 e. The quantitative estimate of drug-likeness (QED) is 0.203. The van der Waals surface area contributed by atoms with Crippen molar-refractivity contribution in [3.63, 3.8) is 0 Å². The van der Waals surface area contributed by atoms with Crippen LogP contribution in [0.1, 0.15) is 28.6 Å². The molecule has 0 radical (unpaired) electrons. The standard InChI is InChI=1S/C29H23FN2O4/c1-2-34-27-15-20(9-13-26(27)35-18-19-7-11-22(30)12-8-19)17-31-32-29(33)28-16-24-23-6-4-3-5-21(23)10-14-25(24)36-28/h3-17H,2,18H2,1H3,(H,32,33)/b31-17-. The molecule has 0 fully saturated rings. The Kier molecular flexibility index (Phi) is 6.62. The summed E-state index contributed by atoms with van der Waals surface area (Å²) in [6.45, 7) is 2.60. The maximum absolute atomic E-state index is 13.1. The van der Waals surface area contributed by atoms with Gasteiger partial charge in [0.2, 0.25) is 0 Å². The third kappa shape index (κ3) is 5.05. The number of carbonyl (C=O) groups is 1. The van der Waals surface area contributed by atoms with E-state index in [9.17, 15) is 9.18 Å². The summed E-state index contributed by atoms with van der Waals surface area (Å²) in [5.41, 5.74) is 4.70. The number of rotatable bonds is 8. The Morgan fingerprint density at radius 2 is 1.78 bits per heavy atom. The van der Waals surface area contributed by atoms with Crippen molar-refractivity contribution in [3.8, 4) is 11.5 Å². The summed E-state index contributed by atoms with van der Waals surface area (Å²) in [5, 5.41) is 7.04. The van der Waals surface area contributed by atoms with Gasteiger partial charge in [-0.2, -0.15) is 5.10 Å². The zero-order valence-electron chi connectivity index (χ0n) is 19.5. The Hall–Kier alpha value is -4.65. The smallest absolute Gasteiger partial charge is 0.307 e. The highest BCUT2D eigenvalue weighted by molar-refractivity contribution is 6.08. The zero-order valence-corrected chi connectivity index (χ0v) is 19.5. The van der Waals surface area contributed by atoms with Crippen LogP contribution in [0.5, 0.6) is 11.5 Å². The van der Waals surface area contributed by atoms with Crippen LogP contribution in [0.4, 0.5) is 4.39 Å². The summed E-state index contributed by atoms with van der Waals surface area (Å²) in [4.78, 5) is 12.6. The number of halogens is 1. The third-order valence-electron chi connectivity index (χ3n) is 5.60. The van der Waals surface area contributed by atoms with Gasteiger partial charge in [-0.15, -0.1) is 0 Å². The van der Waals surface area contributed by atoms with Crippen molar-refractivity contribution < 1.29 is 23.1 Å². The molecule has 6 nitrogen and oxygen atoms in total.